The smallest absolute Gasteiger partial charge is 0.274 e. The number of hydrogen-bond acceptors (Lipinski definition) is 3. The normalized spacial score (nSPS) is 15.9. The van der Waals surface area contributed by atoms with Gasteiger partial charge in [-0.25, -0.2) is 9.50 Å². The van der Waals surface area contributed by atoms with Crippen molar-refractivity contribution in [1.29, 1.82) is 0 Å². The second-order valence-electron chi connectivity index (χ2n) is 8.82. The minimum absolute atomic E-state index is 0.0195. The van der Waals surface area contributed by atoms with Crippen LogP contribution in [-0.4, -0.2) is 38.5 Å². The Morgan fingerprint density at radius 1 is 1.07 bits per heavy atom. The number of rotatable bonds is 3. The zero-order chi connectivity index (χ0) is 19.7. The van der Waals surface area contributed by atoms with Crippen molar-refractivity contribution >= 4 is 11.6 Å². The molecule has 0 radical (unpaired) electrons. The molecule has 1 amide bonds. The Labute approximate surface area is 166 Å². The molecule has 0 aliphatic carbocycles. The van der Waals surface area contributed by atoms with E-state index in [1.54, 1.807) is 10.6 Å². The molecule has 0 unspecified atom stereocenters. The molecule has 3 aromatic rings. The molecular weight excluding hydrogens is 348 g/mol. The van der Waals surface area contributed by atoms with Gasteiger partial charge < -0.3 is 4.90 Å². The lowest BCUT2D eigenvalue weighted by molar-refractivity contribution is 0.0683. The van der Waals surface area contributed by atoms with Crippen molar-refractivity contribution in [2.24, 2.45) is 5.92 Å². The molecule has 0 saturated carbocycles. The molecule has 1 aromatic carbocycles. The molecule has 1 aliphatic heterocycles. The maximum atomic E-state index is 12.9. The van der Waals surface area contributed by atoms with E-state index in [0.29, 0.717) is 11.6 Å². The molecule has 28 heavy (non-hydrogen) atoms. The first kappa shape index (κ1) is 18.7. The number of carbonyl (C=O) groups is 1. The van der Waals surface area contributed by atoms with Gasteiger partial charge in [-0.2, -0.15) is 5.10 Å². The Bertz CT molecular complexity index is 963. The molecule has 2 aromatic heterocycles. The predicted octanol–water partition coefficient (Wildman–Crippen LogP) is 4.12. The third-order valence-electron chi connectivity index (χ3n) is 5.58. The Balaban J connectivity index is 1.42. The van der Waals surface area contributed by atoms with Gasteiger partial charge in [-0.05, 0) is 42.9 Å². The molecule has 0 N–H and O–H groups in total. The first-order valence-corrected chi connectivity index (χ1v) is 10.1. The van der Waals surface area contributed by atoms with E-state index in [1.165, 1.54) is 5.56 Å². The van der Waals surface area contributed by atoms with Crippen molar-refractivity contribution < 1.29 is 4.79 Å². The number of benzene rings is 1. The van der Waals surface area contributed by atoms with Crippen molar-refractivity contribution in [1.82, 2.24) is 19.5 Å². The molecule has 1 aliphatic rings. The van der Waals surface area contributed by atoms with Crippen molar-refractivity contribution in [3.05, 3.63) is 65.6 Å². The Hall–Kier alpha value is -2.69. The van der Waals surface area contributed by atoms with Gasteiger partial charge in [0.25, 0.3) is 5.91 Å². The quantitative estimate of drug-likeness (QED) is 0.691. The maximum Gasteiger partial charge on any atom is 0.274 e. The number of carbonyl (C=O) groups excluding carboxylic acids is 1. The van der Waals surface area contributed by atoms with E-state index in [-0.39, 0.29) is 11.3 Å². The SMILES string of the molecule is CC(C)(C)c1cn2nc(C(=O)N3CCC(Cc4ccccc4)CC3)ccc2n1. The summed E-state index contributed by atoms with van der Waals surface area (Å²) in [5.41, 5.74) is 3.59. The summed E-state index contributed by atoms with van der Waals surface area (Å²) in [4.78, 5) is 19.5. The fourth-order valence-corrected chi connectivity index (χ4v) is 3.81. The number of imidazole rings is 1. The standard InChI is InChI=1S/C23H28N4O/c1-23(2,3)20-16-27-21(24-20)10-9-19(25-27)22(28)26-13-11-18(12-14-26)15-17-7-5-4-6-8-17/h4-10,16,18H,11-15H2,1-3H3. The van der Waals surface area contributed by atoms with Crippen LogP contribution in [0.2, 0.25) is 0 Å². The second-order valence-corrected chi connectivity index (χ2v) is 8.82. The predicted molar refractivity (Wildman–Crippen MR) is 110 cm³/mol. The molecule has 5 heteroatoms. The minimum atomic E-state index is -0.0431. The number of hydrogen-bond donors (Lipinski definition) is 0. The van der Waals surface area contributed by atoms with Crippen molar-refractivity contribution in [2.75, 3.05) is 13.1 Å². The molecular formula is C23H28N4O. The first-order valence-electron chi connectivity index (χ1n) is 10.1. The van der Waals surface area contributed by atoms with Crippen LogP contribution < -0.4 is 0 Å². The van der Waals surface area contributed by atoms with Crippen LogP contribution in [0.4, 0.5) is 0 Å². The molecule has 4 rings (SSSR count). The Morgan fingerprint density at radius 3 is 2.46 bits per heavy atom. The van der Waals surface area contributed by atoms with Gasteiger partial charge in [0.2, 0.25) is 0 Å². The van der Waals surface area contributed by atoms with Gasteiger partial charge in [-0.15, -0.1) is 0 Å². The highest BCUT2D eigenvalue weighted by Crippen LogP contribution is 2.24. The number of piperidine rings is 1. The fourth-order valence-electron chi connectivity index (χ4n) is 3.81. The van der Waals surface area contributed by atoms with Crippen LogP contribution in [0.5, 0.6) is 0 Å². The van der Waals surface area contributed by atoms with Crippen LogP contribution in [0.1, 0.15) is 55.4 Å². The highest BCUT2D eigenvalue weighted by Gasteiger charge is 2.25. The van der Waals surface area contributed by atoms with Gasteiger partial charge in [0.1, 0.15) is 5.69 Å². The number of aromatic nitrogens is 3. The second kappa shape index (κ2) is 7.38. The largest absolute Gasteiger partial charge is 0.337 e. The number of nitrogens with zero attached hydrogens (tertiary/aromatic N) is 4. The first-order chi connectivity index (χ1) is 13.4. The zero-order valence-electron chi connectivity index (χ0n) is 16.9. The van der Waals surface area contributed by atoms with Crippen LogP contribution >= 0.6 is 0 Å². The zero-order valence-corrected chi connectivity index (χ0v) is 16.9. The molecule has 0 atom stereocenters. The van der Waals surface area contributed by atoms with E-state index in [0.717, 1.165) is 43.7 Å². The molecule has 0 bridgehead atoms. The summed E-state index contributed by atoms with van der Waals surface area (Å²) in [5, 5.41) is 4.53. The van der Waals surface area contributed by atoms with Gasteiger partial charge in [-0.1, -0.05) is 51.1 Å². The monoisotopic (exact) mass is 376 g/mol. The van der Waals surface area contributed by atoms with E-state index in [1.807, 2.05) is 17.2 Å². The van der Waals surface area contributed by atoms with Crippen LogP contribution in [0.3, 0.4) is 0 Å². The third kappa shape index (κ3) is 3.93. The van der Waals surface area contributed by atoms with Gasteiger partial charge in [0.05, 0.1) is 11.9 Å². The van der Waals surface area contributed by atoms with E-state index in [4.69, 9.17) is 0 Å². The van der Waals surface area contributed by atoms with Crippen LogP contribution in [0, 0.1) is 5.92 Å². The lowest BCUT2D eigenvalue weighted by Gasteiger charge is -2.31. The topological polar surface area (TPSA) is 50.5 Å². The number of fused-ring (bicyclic) bond motifs is 1. The van der Waals surface area contributed by atoms with Crippen molar-refractivity contribution in [2.45, 2.75) is 45.4 Å². The van der Waals surface area contributed by atoms with E-state index < -0.39 is 0 Å². The highest BCUT2D eigenvalue weighted by molar-refractivity contribution is 5.92. The highest BCUT2D eigenvalue weighted by atomic mass is 16.2. The summed E-state index contributed by atoms with van der Waals surface area (Å²) in [7, 11) is 0. The van der Waals surface area contributed by atoms with Gasteiger partial charge in [-0.3, -0.25) is 4.79 Å². The lowest BCUT2D eigenvalue weighted by atomic mass is 9.90. The van der Waals surface area contributed by atoms with Gasteiger partial charge in [0.15, 0.2) is 5.65 Å². The van der Waals surface area contributed by atoms with Crippen LogP contribution in [0.25, 0.3) is 5.65 Å². The Morgan fingerprint density at radius 2 is 1.79 bits per heavy atom. The summed E-state index contributed by atoms with van der Waals surface area (Å²) >= 11 is 0. The summed E-state index contributed by atoms with van der Waals surface area (Å²) < 4.78 is 1.73. The van der Waals surface area contributed by atoms with Crippen LogP contribution in [0.15, 0.2) is 48.7 Å². The molecule has 1 saturated heterocycles. The van der Waals surface area contributed by atoms with Gasteiger partial charge >= 0.3 is 0 Å². The van der Waals surface area contributed by atoms with Crippen molar-refractivity contribution in [3.8, 4) is 0 Å². The molecule has 0 spiro atoms. The summed E-state index contributed by atoms with van der Waals surface area (Å²) in [5.74, 6) is 0.663. The molecule has 5 nitrogen and oxygen atoms in total. The summed E-state index contributed by atoms with van der Waals surface area (Å²) in [6.45, 7) is 7.97. The average molecular weight is 377 g/mol. The number of likely N-dealkylation sites (tertiary alicyclic amines) is 1. The van der Waals surface area contributed by atoms with Gasteiger partial charge in [0, 0.05) is 18.5 Å². The molecule has 3 heterocycles. The van der Waals surface area contributed by atoms with Crippen molar-refractivity contribution in [3.63, 3.8) is 0 Å². The summed E-state index contributed by atoms with van der Waals surface area (Å²) in [6.07, 6.45) is 5.11. The Kier molecular flexibility index (Phi) is 4.92. The average Bonchev–Trinajstić information content (AvgIpc) is 3.13. The minimum Gasteiger partial charge on any atom is -0.337 e. The molecule has 146 valence electrons. The van der Waals surface area contributed by atoms with E-state index in [9.17, 15) is 4.79 Å². The summed E-state index contributed by atoms with van der Waals surface area (Å²) in [6, 6.07) is 14.3. The van der Waals surface area contributed by atoms with E-state index in [2.05, 4.69) is 61.2 Å². The lowest BCUT2D eigenvalue weighted by Crippen LogP contribution is -2.39. The molecule has 1 fully saturated rings. The maximum absolute atomic E-state index is 12.9. The number of amides is 1. The third-order valence-corrected chi connectivity index (χ3v) is 5.58. The van der Waals surface area contributed by atoms with Crippen LogP contribution in [-0.2, 0) is 11.8 Å². The van der Waals surface area contributed by atoms with E-state index >= 15 is 0 Å². The fraction of sp³-hybridized carbons (Fsp3) is 0.435.